The van der Waals surface area contributed by atoms with Gasteiger partial charge in [0.05, 0.1) is 16.6 Å². The van der Waals surface area contributed by atoms with Gasteiger partial charge in [0.2, 0.25) is 5.91 Å². The number of anilines is 1. The summed E-state index contributed by atoms with van der Waals surface area (Å²) in [6.45, 7) is 1.91. The van der Waals surface area contributed by atoms with Crippen LogP contribution >= 0.6 is 11.8 Å². The molecule has 92 valence electrons. The molecule has 5 heteroatoms. The van der Waals surface area contributed by atoms with Gasteiger partial charge in [-0.1, -0.05) is 6.07 Å². The second-order valence-electron chi connectivity index (χ2n) is 4.30. The largest absolute Gasteiger partial charge is 0.324 e. The zero-order valence-electron chi connectivity index (χ0n) is 10.2. The number of benzene rings is 1. The molecule has 4 nitrogen and oxygen atoms in total. The molecule has 0 saturated heterocycles. The molecule has 0 saturated carbocycles. The van der Waals surface area contributed by atoms with Crippen molar-refractivity contribution in [3.8, 4) is 11.3 Å². The quantitative estimate of drug-likeness (QED) is 0.856. The molecule has 3 rings (SSSR count). The van der Waals surface area contributed by atoms with Crippen LogP contribution in [0.2, 0.25) is 0 Å². The normalized spacial score (nSPS) is 18.3. The summed E-state index contributed by atoms with van der Waals surface area (Å²) in [7, 11) is 1.91. The van der Waals surface area contributed by atoms with Crippen molar-refractivity contribution >= 4 is 23.4 Å². The lowest BCUT2D eigenvalue weighted by Crippen LogP contribution is -2.26. The third kappa shape index (κ3) is 1.80. The summed E-state index contributed by atoms with van der Waals surface area (Å²) in [6, 6.07) is 8.08. The second kappa shape index (κ2) is 4.17. The van der Waals surface area contributed by atoms with Crippen molar-refractivity contribution in [1.29, 1.82) is 0 Å². The van der Waals surface area contributed by atoms with Crippen molar-refractivity contribution in [2.24, 2.45) is 7.05 Å². The average molecular weight is 259 g/mol. The van der Waals surface area contributed by atoms with Gasteiger partial charge < -0.3 is 5.32 Å². The third-order valence-corrected chi connectivity index (χ3v) is 4.20. The predicted molar refractivity (Wildman–Crippen MR) is 72.6 cm³/mol. The summed E-state index contributed by atoms with van der Waals surface area (Å²) < 4.78 is 1.82. The summed E-state index contributed by atoms with van der Waals surface area (Å²) in [6.07, 6.45) is 1.77. The van der Waals surface area contributed by atoms with Gasteiger partial charge in [-0.3, -0.25) is 9.48 Å². The highest BCUT2D eigenvalue weighted by molar-refractivity contribution is 8.00. The zero-order valence-corrected chi connectivity index (χ0v) is 11.0. The van der Waals surface area contributed by atoms with E-state index in [4.69, 9.17) is 0 Å². The molecule has 1 aliphatic rings. The molecule has 0 aliphatic carbocycles. The Labute approximate surface area is 109 Å². The van der Waals surface area contributed by atoms with Gasteiger partial charge in [-0.05, 0) is 25.1 Å². The molecule has 18 heavy (non-hydrogen) atoms. The number of aromatic nitrogens is 2. The lowest BCUT2D eigenvalue weighted by molar-refractivity contribution is -0.115. The highest BCUT2D eigenvalue weighted by Crippen LogP contribution is 2.37. The second-order valence-corrected chi connectivity index (χ2v) is 5.68. The van der Waals surface area contributed by atoms with Crippen LogP contribution in [0, 0.1) is 0 Å². The van der Waals surface area contributed by atoms with Gasteiger partial charge in [0.1, 0.15) is 0 Å². The fraction of sp³-hybridized carbons (Fsp3) is 0.231. The fourth-order valence-electron chi connectivity index (χ4n) is 2.03. The monoisotopic (exact) mass is 259 g/mol. The van der Waals surface area contributed by atoms with Gasteiger partial charge in [-0.25, -0.2) is 0 Å². The number of amides is 1. The first-order chi connectivity index (χ1) is 8.65. The zero-order chi connectivity index (χ0) is 12.7. The molecule has 1 N–H and O–H groups in total. The maximum atomic E-state index is 11.7. The van der Waals surface area contributed by atoms with Crippen molar-refractivity contribution in [2.45, 2.75) is 17.1 Å². The molecular formula is C13H13N3OS. The Hall–Kier alpha value is -1.75. The Morgan fingerprint density at radius 2 is 2.22 bits per heavy atom. The van der Waals surface area contributed by atoms with Crippen molar-refractivity contribution in [3.63, 3.8) is 0 Å². The fourth-order valence-corrected chi connectivity index (χ4v) is 2.96. The number of nitrogens with zero attached hydrogens (tertiary/aromatic N) is 2. The number of hydrogen-bond donors (Lipinski definition) is 1. The van der Waals surface area contributed by atoms with E-state index >= 15 is 0 Å². The summed E-state index contributed by atoms with van der Waals surface area (Å²) in [4.78, 5) is 12.8. The number of carbonyl (C=O) groups is 1. The Morgan fingerprint density at radius 1 is 1.39 bits per heavy atom. The minimum Gasteiger partial charge on any atom is -0.324 e. The van der Waals surface area contributed by atoms with Gasteiger partial charge in [0.25, 0.3) is 0 Å². The van der Waals surface area contributed by atoms with E-state index in [1.54, 1.807) is 18.0 Å². The summed E-state index contributed by atoms with van der Waals surface area (Å²) >= 11 is 1.60. The van der Waals surface area contributed by atoms with Crippen LogP contribution in [-0.4, -0.2) is 20.9 Å². The molecule has 1 aromatic heterocycles. The summed E-state index contributed by atoms with van der Waals surface area (Å²) in [5.74, 6) is 0.0645. The number of thioether (sulfide) groups is 1. The van der Waals surface area contributed by atoms with Crippen LogP contribution in [0.15, 0.2) is 35.4 Å². The minimum absolute atomic E-state index is 0.0277. The van der Waals surface area contributed by atoms with Gasteiger partial charge in [-0.15, -0.1) is 11.8 Å². The van der Waals surface area contributed by atoms with E-state index in [9.17, 15) is 4.79 Å². The maximum Gasteiger partial charge on any atom is 0.237 e. The van der Waals surface area contributed by atoms with Crippen molar-refractivity contribution in [3.05, 3.63) is 30.5 Å². The Bertz CT molecular complexity index is 620. The molecule has 1 aliphatic heterocycles. The van der Waals surface area contributed by atoms with Crippen LogP contribution in [0.5, 0.6) is 0 Å². The van der Waals surface area contributed by atoms with Gasteiger partial charge in [-0.2, -0.15) is 5.10 Å². The number of carbonyl (C=O) groups excluding carboxylic acids is 1. The molecule has 1 amide bonds. The molecule has 1 unspecified atom stereocenters. The van der Waals surface area contributed by atoms with E-state index in [-0.39, 0.29) is 11.2 Å². The molecule has 0 radical (unpaired) electrons. The predicted octanol–water partition coefficient (Wildman–Crippen LogP) is 2.52. The molecule has 0 fully saturated rings. The number of aryl methyl sites for hydroxylation is 1. The van der Waals surface area contributed by atoms with Crippen molar-refractivity contribution in [2.75, 3.05) is 5.32 Å². The topological polar surface area (TPSA) is 46.9 Å². The molecule has 0 bridgehead atoms. The minimum atomic E-state index is -0.0277. The van der Waals surface area contributed by atoms with E-state index in [1.807, 2.05) is 30.8 Å². The Morgan fingerprint density at radius 3 is 2.94 bits per heavy atom. The summed E-state index contributed by atoms with van der Waals surface area (Å²) in [5.41, 5.74) is 2.99. The van der Waals surface area contributed by atoms with E-state index in [2.05, 4.69) is 22.5 Å². The van der Waals surface area contributed by atoms with Gasteiger partial charge in [0, 0.05) is 23.7 Å². The van der Waals surface area contributed by atoms with Gasteiger partial charge in [0.15, 0.2) is 0 Å². The highest BCUT2D eigenvalue weighted by atomic mass is 32.2. The van der Waals surface area contributed by atoms with Crippen LogP contribution in [-0.2, 0) is 11.8 Å². The molecule has 2 aromatic rings. The number of fused-ring (bicyclic) bond motifs is 1. The molecule has 1 aromatic carbocycles. The smallest absolute Gasteiger partial charge is 0.237 e. The molecule has 2 heterocycles. The van der Waals surface area contributed by atoms with Crippen LogP contribution in [0.1, 0.15) is 6.92 Å². The van der Waals surface area contributed by atoms with E-state index in [1.165, 1.54) is 0 Å². The lowest BCUT2D eigenvalue weighted by atomic mass is 10.1. The van der Waals surface area contributed by atoms with Crippen molar-refractivity contribution in [1.82, 2.24) is 9.78 Å². The molecular weight excluding hydrogens is 246 g/mol. The summed E-state index contributed by atoms with van der Waals surface area (Å²) in [5, 5.41) is 7.07. The van der Waals surface area contributed by atoms with E-state index in [0.717, 1.165) is 21.8 Å². The first-order valence-corrected chi connectivity index (χ1v) is 6.63. The van der Waals surface area contributed by atoms with Crippen LogP contribution in [0.25, 0.3) is 11.3 Å². The lowest BCUT2D eigenvalue weighted by Gasteiger charge is -2.21. The first kappa shape index (κ1) is 11.3. The number of rotatable bonds is 1. The maximum absolute atomic E-state index is 11.7. The Kier molecular flexibility index (Phi) is 2.63. The van der Waals surface area contributed by atoms with E-state index in [0.29, 0.717) is 0 Å². The van der Waals surface area contributed by atoms with Crippen LogP contribution in [0.3, 0.4) is 0 Å². The number of nitrogens with one attached hydrogen (secondary N) is 1. The standard InChI is InChI=1S/C13H13N3OS/c1-8-13(17)15-10-7-9(3-4-12(10)18-8)11-5-6-14-16(11)2/h3-8H,1-2H3,(H,15,17). The average Bonchev–Trinajstić information content (AvgIpc) is 2.76. The first-order valence-electron chi connectivity index (χ1n) is 5.75. The third-order valence-electron chi connectivity index (χ3n) is 3.03. The van der Waals surface area contributed by atoms with Crippen LogP contribution < -0.4 is 5.32 Å². The van der Waals surface area contributed by atoms with Gasteiger partial charge >= 0.3 is 0 Å². The van der Waals surface area contributed by atoms with Crippen molar-refractivity contribution < 1.29 is 4.79 Å². The number of hydrogen-bond acceptors (Lipinski definition) is 3. The van der Waals surface area contributed by atoms with Crippen LogP contribution in [0.4, 0.5) is 5.69 Å². The highest BCUT2D eigenvalue weighted by Gasteiger charge is 2.23. The SMILES string of the molecule is CC1Sc2ccc(-c3ccnn3C)cc2NC1=O. The molecule has 1 atom stereocenters. The Balaban J connectivity index is 2.04. The molecule has 0 spiro atoms. The van der Waals surface area contributed by atoms with E-state index < -0.39 is 0 Å².